The number of benzene rings is 3. The molecule has 1 aliphatic heterocycles. The first-order valence-corrected chi connectivity index (χ1v) is 10.4. The van der Waals surface area contributed by atoms with E-state index in [2.05, 4.69) is 29.4 Å². The van der Waals surface area contributed by atoms with Crippen LogP contribution in [-0.4, -0.2) is 23.0 Å². The van der Waals surface area contributed by atoms with Crippen molar-refractivity contribution in [1.29, 1.82) is 0 Å². The molecule has 1 saturated heterocycles. The maximum Gasteiger partial charge on any atom is 0.254 e. The molecule has 146 valence electrons. The summed E-state index contributed by atoms with van der Waals surface area (Å²) in [6.45, 7) is 0. The summed E-state index contributed by atoms with van der Waals surface area (Å²) >= 11 is 6.20. The van der Waals surface area contributed by atoms with Gasteiger partial charge in [-0.05, 0) is 28.3 Å². The molecule has 7 rings (SSSR count). The number of halogens is 1. The van der Waals surface area contributed by atoms with Crippen molar-refractivity contribution >= 4 is 29.6 Å². The third kappa shape index (κ3) is 2.25. The lowest BCUT2D eigenvalue weighted by atomic mass is 9.55. The third-order valence-electron chi connectivity index (χ3n) is 6.64. The highest BCUT2D eigenvalue weighted by molar-refractivity contribution is 6.33. The van der Waals surface area contributed by atoms with Gasteiger partial charge < -0.3 is 0 Å². The van der Waals surface area contributed by atoms with Crippen LogP contribution >= 0.6 is 11.6 Å². The summed E-state index contributed by atoms with van der Waals surface area (Å²) in [5.74, 6) is -1.54. The Morgan fingerprint density at radius 3 is 1.60 bits per heavy atom. The Morgan fingerprint density at radius 2 is 1.13 bits per heavy atom. The Kier molecular flexibility index (Phi) is 3.74. The van der Waals surface area contributed by atoms with Crippen molar-refractivity contribution in [3.8, 4) is 0 Å². The molecule has 2 amide bonds. The number of imide groups is 1. The molecule has 4 nitrogen and oxygen atoms in total. The second kappa shape index (κ2) is 6.38. The Bertz CT molecular complexity index is 1140. The number of hydrogen-bond donors (Lipinski definition) is 0. The summed E-state index contributed by atoms with van der Waals surface area (Å²) in [6.07, 6.45) is 1.50. The number of hydrogen-bond acceptors (Lipinski definition) is 3. The lowest BCUT2D eigenvalue weighted by Gasteiger charge is -2.45. The van der Waals surface area contributed by atoms with Crippen LogP contribution in [0.25, 0.3) is 0 Å². The van der Waals surface area contributed by atoms with Crippen LogP contribution in [0, 0.1) is 11.8 Å². The van der Waals surface area contributed by atoms with E-state index in [0.29, 0.717) is 10.6 Å². The molecule has 30 heavy (non-hydrogen) atoms. The SMILES string of the molecule is O=C1C2C3c4ccccc4C(c4ccccc43)C2C(=O)N1/N=C/c1ccccc1Cl. The fourth-order valence-corrected chi connectivity index (χ4v) is 5.66. The second-order valence-electron chi connectivity index (χ2n) is 8.02. The first-order chi connectivity index (χ1) is 14.7. The summed E-state index contributed by atoms with van der Waals surface area (Å²) in [6, 6.07) is 23.6. The van der Waals surface area contributed by atoms with Crippen LogP contribution in [0.2, 0.25) is 5.02 Å². The van der Waals surface area contributed by atoms with Gasteiger partial charge in [0.15, 0.2) is 0 Å². The van der Waals surface area contributed by atoms with Gasteiger partial charge in [0.1, 0.15) is 0 Å². The predicted molar refractivity (Wildman–Crippen MR) is 114 cm³/mol. The van der Waals surface area contributed by atoms with Crippen LogP contribution in [0.15, 0.2) is 77.9 Å². The van der Waals surface area contributed by atoms with Gasteiger partial charge in [-0.2, -0.15) is 10.1 Å². The van der Waals surface area contributed by atoms with E-state index in [-0.39, 0.29) is 23.7 Å². The zero-order chi connectivity index (χ0) is 20.4. The van der Waals surface area contributed by atoms with Crippen molar-refractivity contribution in [2.24, 2.45) is 16.9 Å². The molecule has 0 saturated carbocycles. The lowest BCUT2D eigenvalue weighted by Crippen LogP contribution is -2.41. The summed E-state index contributed by atoms with van der Waals surface area (Å²) in [4.78, 5) is 26.8. The molecular weight excluding hydrogens is 396 g/mol. The smallest absolute Gasteiger partial charge is 0.254 e. The zero-order valence-corrected chi connectivity index (χ0v) is 16.7. The fourth-order valence-electron chi connectivity index (χ4n) is 5.48. The quantitative estimate of drug-likeness (QED) is 0.457. The van der Waals surface area contributed by atoms with Crippen molar-refractivity contribution in [1.82, 2.24) is 5.01 Å². The number of carbonyl (C=O) groups is 2. The minimum atomic E-state index is -0.421. The van der Waals surface area contributed by atoms with Gasteiger partial charge in [0.2, 0.25) is 0 Å². The minimum absolute atomic E-state index is 0.121. The van der Waals surface area contributed by atoms with Gasteiger partial charge in [-0.3, -0.25) is 9.59 Å². The molecule has 1 fully saturated rings. The van der Waals surface area contributed by atoms with E-state index in [9.17, 15) is 9.59 Å². The number of rotatable bonds is 2. The third-order valence-corrected chi connectivity index (χ3v) is 6.99. The van der Waals surface area contributed by atoms with Gasteiger partial charge in [0.05, 0.1) is 18.1 Å². The average Bonchev–Trinajstić information content (AvgIpc) is 3.04. The first-order valence-electron chi connectivity index (χ1n) is 10.0. The molecule has 0 spiro atoms. The van der Waals surface area contributed by atoms with Gasteiger partial charge in [0, 0.05) is 22.4 Å². The summed E-state index contributed by atoms with van der Waals surface area (Å²) in [5, 5.41) is 5.88. The van der Waals surface area contributed by atoms with Gasteiger partial charge >= 0.3 is 0 Å². The van der Waals surface area contributed by atoms with Crippen molar-refractivity contribution < 1.29 is 9.59 Å². The van der Waals surface area contributed by atoms with Gasteiger partial charge in [-0.15, -0.1) is 0 Å². The number of amides is 2. The monoisotopic (exact) mass is 412 g/mol. The fraction of sp³-hybridized carbons (Fsp3) is 0.160. The van der Waals surface area contributed by atoms with Crippen LogP contribution in [0.4, 0.5) is 0 Å². The molecule has 4 aliphatic rings. The van der Waals surface area contributed by atoms with Crippen LogP contribution in [0.5, 0.6) is 0 Å². The van der Waals surface area contributed by atoms with Crippen molar-refractivity contribution in [3.63, 3.8) is 0 Å². The summed E-state index contributed by atoms with van der Waals surface area (Å²) in [5.41, 5.74) is 5.28. The van der Waals surface area contributed by atoms with Crippen LogP contribution < -0.4 is 0 Å². The Labute approximate surface area is 178 Å². The van der Waals surface area contributed by atoms with E-state index in [1.54, 1.807) is 12.1 Å². The number of carbonyl (C=O) groups excluding carboxylic acids is 2. The van der Waals surface area contributed by atoms with Crippen LogP contribution in [0.3, 0.4) is 0 Å². The maximum absolute atomic E-state index is 13.4. The van der Waals surface area contributed by atoms with Crippen molar-refractivity contribution in [2.75, 3.05) is 0 Å². The van der Waals surface area contributed by atoms with Crippen LogP contribution in [0.1, 0.15) is 39.7 Å². The Morgan fingerprint density at radius 1 is 0.700 bits per heavy atom. The van der Waals surface area contributed by atoms with Gasteiger partial charge in [-0.1, -0.05) is 78.3 Å². The van der Waals surface area contributed by atoms with Gasteiger partial charge in [-0.25, -0.2) is 0 Å². The summed E-state index contributed by atoms with van der Waals surface area (Å²) < 4.78 is 0. The highest BCUT2D eigenvalue weighted by Gasteiger charge is 2.61. The topological polar surface area (TPSA) is 49.7 Å². The van der Waals surface area contributed by atoms with E-state index in [4.69, 9.17) is 11.6 Å². The highest BCUT2D eigenvalue weighted by Crippen LogP contribution is 2.60. The van der Waals surface area contributed by atoms with Gasteiger partial charge in [0.25, 0.3) is 11.8 Å². The normalized spacial score (nSPS) is 26.1. The second-order valence-corrected chi connectivity index (χ2v) is 8.43. The molecule has 1 heterocycles. The van der Waals surface area contributed by atoms with E-state index in [1.165, 1.54) is 6.21 Å². The molecule has 2 atom stereocenters. The number of hydrazone groups is 1. The molecule has 5 heteroatoms. The highest BCUT2D eigenvalue weighted by atomic mass is 35.5. The first kappa shape index (κ1) is 17.6. The molecular formula is C25H17ClN2O2. The molecule has 0 N–H and O–H groups in total. The Balaban J connectivity index is 1.47. The predicted octanol–water partition coefficient (Wildman–Crippen LogP) is 4.57. The minimum Gasteiger partial charge on any atom is -0.272 e. The largest absolute Gasteiger partial charge is 0.272 e. The molecule has 3 aliphatic carbocycles. The molecule has 3 aromatic rings. The molecule has 2 bridgehead atoms. The van der Waals surface area contributed by atoms with E-state index in [0.717, 1.165) is 27.3 Å². The van der Waals surface area contributed by atoms with Crippen LogP contribution in [-0.2, 0) is 9.59 Å². The van der Waals surface area contributed by atoms with E-state index in [1.807, 2.05) is 36.4 Å². The van der Waals surface area contributed by atoms with E-state index >= 15 is 0 Å². The molecule has 0 aromatic heterocycles. The average molecular weight is 413 g/mol. The van der Waals surface area contributed by atoms with Crippen molar-refractivity contribution in [2.45, 2.75) is 11.8 Å². The molecule has 2 unspecified atom stereocenters. The van der Waals surface area contributed by atoms with E-state index < -0.39 is 11.8 Å². The number of nitrogens with zero attached hydrogens (tertiary/aromatic N) is 2. The standard InChI is InChI=1S/C25H17ClN2O2/c26-19-12-6-1-7-14(19)13-27-28-24(29)22-20-15-8-2-3-9-16(15)21(23(22)25(28)30)18-11-5-4-10-17(18)20/h1-13,20-23H/b27-13+. The Hall–Kier alpha value is -3.24. The molecule has 0 radical (unpaired) electrons. The maximum atomic E-state index is 13.4. The lowest BCUT2D eigenvalue weighted by molar-refractivity contribution is -0.139. The van der Waals surface area contributed by atoms with Crippen molar-refractivity contribution in [3.05, 3.63) is 106 Å². The summed E-state index contributed by atoms with van der Waals surface area (Å²) in [7, 11) is 0. The molecule has 3 aromatic carbocycles. The zero-order valence-electron chi connectivity index (χ0n) is 15.9.